The highest BCUT2D eigenvalue weighted by atomic mass is 16.5. The Morgan fingerprint density at radius 2 is 1.73 bits per heavy atom. The minimum absolute atomic E-state index is 0. The molecule has 10 nitrogen and oxygen atoms in total. The van der Waals surface area contributed by atoms with Crippen molar-refractivity contribution in [1.29, 1.82) is 0 Å². The number of nitrogens with zero attached hydrogens (tertiary/aromatic N) is 1. The van der Waals surface area contributed by atoms with Gasteiger partial charge in [0, 0.05) is 42.3 Å². The molecule has 3 aliphatic carbocycles. The average molecular weight is 564 g/mol. The van der Waals surface area contributed by atoms with Gasteiger partial charge in [-0.25, -0.2) is 9.59 Å². The first-order valence-electron chi connectivity index (χ1n) is 13.6. The van der Waals surface area contributed by atoms with Crippen molar-refractivity contribution in [3.63, 3.8) is 0 Å². The number of carboxylic acid groups (broad SMARTS) is 2. The number of ketones is 1. The zero-order valence-corrected chi connectivity index (χ0v) is 22.3. The molecule has 4 atom stereocenters. The fraction of sp³-hybridized carbons (Fsp3) is 0.387. The maximum Gasteiger partial charge on any atom is 0.328 e. The Labute approximate surface area is 236 Å². The molecule has 1 saturated heterocycles. The van der Waals surface area contributed by atoms with E-state index in [-0.39, 0.29) is 23.1 Å². The molecule has 5 aliphatic rings. The maximum atomic E-state index is 13.8. The van der Waals surface area contributed by atoms with Crippen molar-refractivity contribution >= 4 is 23.8 Å². The fourth-order valence-corrected chi connectivity index (χ4v) is 7.20. The Balaban J connectivity index is 0.000000333. The zero-order chi connectivity index (χ0) is 28.2. The van der Waals surface area contributed by atoms with Crippen LogP contribution < -0.4 is 4.74 Å². The third-order valence-corrected chi connectivity index (χ3v) is 9.04. The molecule has 2 saturated carbocycles. The standard InChI is InChI=1S/C27H27NO4.C4H4O4.H2O/c29-20-9-8-18-13-21-27(31)14-19(12-16-4-2-1-3-5-16)23(30)25-26(27,22(18)24(20)32-25)10-11-28(21)15-17-6-7-17;5-3(6)1-2-4(7)8;/h1-5,8-9,12,17,21,25,29,31H,6-7,10-11,13-15H2;1-2H,(H,5,6)(H,7,8);1H2/b19-12+;2-1-;/t21-,25+,26+,27-;;/m1../s1. The van der Waals surface area contributed by atoms with E-state index in [1.54, 1.807) is 6.07 Å². The summed E-state index contributed by atoms with van der Waals surface area (Å²) in [6.07, 6.45) is 6.49. The Hall–Kier alpha value is -3.99. The van der Waals surface area contributed by atoms with Gasteiger partial charge in [0.25, 0.3) is 0 Å². The molecule has 1 spiro atoms. The van der Waals surface area contributed by atoms with Crippen LogP contribution in [0.2, 0.25) is 0 Å². The van der Waals surface area contributed by atoms with Crippen LogP contribution in [0.15, 0.2) is 60.2 Å². The second kappa shape index (κ2) is 10.4. The van der Waals surface area contributed by atoms with Crippen LogP contribution in [0.1, 0.15) is 42.4 Å². The topological polar surface area (TPSA) is 176 Å². The summed E-state index contributed by atoms with van der Waals surface area (Å²) in [5.41, 5.74) is 1.67. The number of rotatable bonds is 5. The first-order valence-corrected chi connectivity index (χ1v) is 13.6. The number of Topliss-reactive ketones (excluding diaryl/α,β-unsaturated/α-hetero) is 1. The van der Waals surface area contributed by atoms with Gasteiger partial charge in [0.05, 0.1) is 11.0 Å². The van der Waals surface area contributed by atoms with Crippen molar-refractivity contribution in [2.24, 2.45) is 5.92 Å². The molecule has 216 valence electrons. The number of benzene rings is 2. The summed E-state index contributed by atoms with van der Waals surface area (Å²) in [5, 5.41) is 38.8. The fourth-order valence-electron chi connectivity index (χ4n) is 7.20. The highest BCUT2D eigenvalue weighted by Crippen LogP contribution is 2.65. The number of ether oxygens (including phenoxy) is 1. The number of aliphatic carboxylic acids is 2. The molecule has 2 heterocycles. The molecule has 41 heavy (non-hydrogen) atoms. The van der Waals surface area contributed by atoms with Crippen molar-refractivity contribution in [1.82, 2.24) is 4.90 Å². The van der Waals surface area contributed by atoms with Gasteiger partial charge in [-0.2, -0.15) is 0 Å². The van der Waals surface area contributed by atoms with Gasteiger partial charge in [0.15, 0.2) is 23.4 Å². The number of piperidine rings is 1. The molecule has 2 aromatic rings. The van der Waals surface area contributed by atoms with Gasteiger partial charge >= 0.3 is 11.9 Å². The van der Waals surface area contributed by atoms with E-state index in [2.05, 4.69) is 4.90 Å². The largest absolute Gasteiger partial charge is 0.504 e. The average Bonchev–Trinajstić information content (AvgIpc) is 3.66. The molecule has 7 rings (SSSR count). The van der Waals surface area contributed by atoms with E-state index in [0.29, 0.717) is 36.3 Å². The van der Waals surface area contributed by atoms with E-state index in [9.17, 15) is 24.6 Å². The molecule has 0 radical (unpaired) electrons. The lowest BCUT2D eigenvalue weighted by molar-refractivity contribution is -0.179. The van der Waals surface area contributed by atoms with Crippen LogP contribution in [0.3, 0.4) is 0 Å². The number of aliphatic hydroxyl groups is 1. The molecule has 0 aromatic heterocycles. The van der Waals surface area contributed by atoms with Gasteiger partial charge in [-0.1, -0.05) is 36.4 Å². The van der Waals surface area contributed by atoms with Crippen LogP contribution in [0.4, 0.5) is 0 Å². The van der Waals surface area contributed by atoms with Crippen molar-refractivity contribution in [3.8, 4) is 11.5 Å². The number of carbonyl (C=O) groups is 3. The van der Waals surface area contributed by atoms with Gasteiger partial charge in [0.2, 0.25) is 0 Å². The molecule has 2 aliphatic heterocycles. The molecule has 3 fully saturated rings. The molecular formula is C31H33NO9. The van der Waals surface area contributed by atoms with Crippen molar-refractivity contribution < 1.29 is 45.0 Å². The number of aromatic hydroxyl groups is 1. The van der Waals surface area contributed by atoms with E-state index >= 15 is 0 Å². The van der Waals surface area contributed by atoms with E-state index in [4.69, 9.17) is 14.9 Å². The minimum atomic E-state index is -1.26. The van der Waals surface area contributed by atoms with Crippen molar-refractivity contribution in [3.05, 3.63) is 76.9 Å². The highest BCUT2D eigenvalue weighted by molar-refractivity contribution is 6.06. The SMILES string of the molecule is O.O=C(O)/C=C\C(=O)O.O=C1/C(=C/c2ccccc2)C[C@@]2(O)[C@H]3Cc4ccc(O)c5c4[C@@]2(CCN3CC2CC2)[C@H]1O5. The number of phenols is 1. The Kier molecular flexibility index (Phi) is 7.27. The first kappa shape index (κ1) is 28.5. The number of phenolic OH excluding ortho intramolecular Hbond substituents is 1. The first-order chi connectivity index (χ1) is 19.1. The minimum Gasteiger partial charge on any atom is -0.504 e. The Morgan fingerprint density at radius 3 is 2.37 bits per heavy atom. The van der Waals surface area contributed by atoms with Crippen LogP contribution in [-0.2, 0) is 26.2 Å². The van der Waals surface area contributed by atoms with Crippen LogP contribution in [0.5, 0.6) is 11.5 Å². The van der Waals surface area contributed by atoms with Crippen molar-refractivity contribution in [2.45, 2.75) is 55.3 Å². The lowest BCUT2D eigenvalue weighted by Crippen LogP contribution is -2.77. The maximum absolute atomic E-state index is 13.8. The molecular weight excluding hydrogens is 530 g/mol. The Bertz CT molecular complexity index is 1430. The lowest BCUT2D eigenvalue weighted by atomic mass is 9.48. The number of hydrogen-bond donors (Lipinski definition) is 4. The summed E-state index contributed by atoms with van der Waals surface area (Å²) < 4.78 is 6.26. The number of likely N-dealkylation sites (tertiary alicyclic amines) is 1. The number of hydrogen-bond acceptors (Lipinski definition) is 7. The number of carboxylic acids is 2. The summed E-state index contributed by atoms with van der Waals surface area (Å²) in [6.45, 7) is 1.86. The van der Waals surface area contributed by atoms with Gasteiger partial charge in [-0.15, -0.1) is 0 Å². The smallest absolute Gasteiger partial charge is 0.328 e. The van der Waals surface area contributed by atoms with Crippen LogP contribution in [0.25, 0.3) is 6.08 Å². The zero-order valence-electron chi connectivity index (χ0n) is 22.3. The molecule has 2 aromatic carbocycles. The molecule has 0 unspecified atom stereocenters. The third-order valence-electron chi connectivity index (χ3n) is 9.04. The van der Waals surface area contributed by atoms with Crippen LogP contribution in [-0.4, -0.2) is 79.4 Å². The van der Waals surface area contributed by atoms with Gasteiger partial charge in [-0.3, -0.25) is 9.69 Å². The number of carbonyl (C=O) groups excluding carboxylic acids is 1. The normalized spacial score (nSPS) is 30.1. The van der Waals surface area contributed by atoms with Crippen LogP contribution >= 0.6 is 0 Å². The van der Waals surface area contributed by atoms with Gasteiger partial charge in [0.1, 0.15) is 0 Å². The molecule has 6 N–H and O–H groups in total. The van der Waals surface area contributed by atoms with E-state index in [1.165, 1.54) is 12.8 Å². The lowest BCUT2D eigenvalue weighted by Gasteiger charge is -2.62. The predicted molar refractivity (Wildman–Crippen MR) is 148 cm³/mol. The van der Waals surface area contributed by atoms with Gasteiger partial charge in [-0.05, 0) is 61.4 Å². The molecule has 10 heteroatoms. The summed E-state index contributed by atoms with van der Waals surface area (Å²) in [6, 6.07) is 13.4. The quantitative estimate of drug-likeness (QED) is 0.397. The third kappa shape index (κ3) is 4.61. The summed E-state index contributed by atoms with van der Waals surface area (Å²) in [5.74, 6) is -1.37. The van der Waals surface area contributed by atoms with E-state index in [1.807, 2.05) is 42.5 Å². The van der Waals surface area contributed by atoms with Crippen molar-refractivity contribution in [2.75, 3.05) is 13.1 Å². The molecule has 2 bridgehead atoms. The summed E-state index contributed by atoms with van der Waals surface area (Å²) >= 11 is 0. The summed E-state index contributed by atoms with van der Waals surface area (Å²) in [7, 11) is 0. The molecule has 0 amide bonds. The second-order valence-electron chi connectivity index (χ2n) is 11.4. The predicted octanol–water partition coefficient (Wildman–Crippen LogP) is 2.11. The Morgan fingerprint density at radius 1 is 1.05 bits per heavy atom. The highest BCUT2D eigenvalue weighted by Gasteiger charge is 2.74. The second-order valence-corrected chi connectivity index (χ2v) is 11.4. The van der Waals surface area contributed by atoms with Gasteiger partial charge < -0.3 is 30.6 Å². The van der Waals surface area contributed by atoms with E-state index < -0.39 is 29.1 Å². The summed E-state index contributed by atoms with van der Waals surface area (Å²) in [4.78, 5) is 35.4. The van der Waals surface area contributed by atoms with Crippen LogP contribution in [0, 0.1) is 5.92 Å². The van der Waals surface area contributed by atoms with E-state index in [0.717, 1.165) is 42.1 Å². The monoisotopic (exact) mass is 563 g/mol.